The zero-order chi connectivity index (χ0) is 18.3. The van der Waals surface area contributed by atoms with Crippen molar-refractivity contribution in [2.24, 2.45) is 0 Å². The number of ether oxygens (including phenoxy) is 1. The van der Waals surface area contributed by atoms with Crippen molar-refractivity contribution in [1.82, 2.24) is 14.4 Å². The lowest BCUT2D eigenvalue weighted by Crippen LogP contribution is -2.01. The van der Waals surface area contributed by atoms with Crippen molar-refractivity contribution in [2.45, 2.75) is 13.8 Å². The number of rotatable bonds is 3. The number of hydrogen-bond acceptors (Lipinski definition) is 5. The molecule has 3 aromatic heterocycles. The summed E-state index contributed by atoms with van der Waals surface area (Å²) in [6.45, 7) is 3.76. The average Bonchev–Trinajstić information content (AvgIpc) is 3.22. The fraction of sp³-hybridized carbons (Fsp3) is 0.150. The number of hydrogen-bond donors (Lipinski definition) is 0. The number of aromatic nitrogens is 3. The van der Waals surface area contributed by atoms with E-state index in [0.29, 0.717) is 17.1 Å². The zero-order valence-electron chi connectivity index (χ0n) is 14.7. The molecule has 0 aliphatic rings. The van der Waals surface area contributed by atoms with E-state index in [1.165, 1.54) is 7.11 Å². The second-order valence-corrected chi connectivity index (χ2v) is 5.99. The van der Waals surface area contributed by atoms with E-state index < -0.39 is 0 Å². The van der Waals surface area contributed by atoms with Crippen molar-refractivity contribution in [3.8, 4) is 22.6 Å². The van der Waals surface area contributed by atoms with Crippen LogP contribution in [0.4, 0.5) is 0 Å². The number of fused-ring (bicyclic) bond motifs is 1. The van der Waals surface area contributed by atoms with E-state index >= 15 is 0 Å². The molecule has 0 saturated carbocycles. The molecule has 0 fully saturated rings. The molecule has 0 aliphatic carbocycles. The first-order valence-electron chi connectivity index (χ1n) is 8.17. The SMILES string of the molecule is COC(=O)c1ccn2cc(-c3ccccc3-c3oc(C)nc3C)nc2c1. The van der Waals surface area contributed by atoms with E-state index in [2.05, 4.69) is 9.97 Å². The van der Waals surface area contributed by atoms with Crippen molar-refractivity contribution in [1.29, 1.82) is 0 Å². The highest BCUT2D eigenvalue weighted by Crippen LogP contribution is 2.34. The molecule has 3 heterocycles. The summed E-state index contributed by atoms with van der Waals surface area (Å²) in [6.07, 6.45) is 3.72. The van der Waals surface area contributed by atoms with Gasteiger partial charge in [0.15, 0.2) is 11.7 Å². The maximum atomic E-state index is 11.7. The zero-order valence-corrected chi connectivity index (χ0v) is 14.7. The normalized spacial score (nSPS) is 11.0. The smallest absolute Gasteiger partial charge is 0.338 e. The van der Waals surface area contributed by atoms with Gasteiger partial charge in [0.25, 0.3) is 0 Å². The second-order valence-electron chi connectivity index (χ2n) is 5.99. The summed E-state index contributed by atoms with van der Waals surface area (Å²) >= 11 is 0. The molecule has 26 heavy (non-hydrogen) atoms. The predicted molar refractivity (Wildman–Crippen MR) is 96.9 cm³/mol. The van der Waals surface area contributed by atoms with Gasteiger partial charge in [-0.3, -0.25) is 0 Å². The van der Waals surface area contributed by atoms with Crippen molar-refractivity contribution in [2.75, 3.05) is 7.11 Å². The molecule has 4 aromatic rings. The monoisotopic (exact) mass is 347 g/mol. The van der Waals surface area contributed by atoms with E-state index in [9.17, 15) is 4.79 Å². The van der Waals surface area contributed by atoms with Gasteiger partial charge < -0.3 is 13.6 Å². The summed E-state index contributed by atoms with van der Waals surface area (Å²) in [6, 6.07) is 11.3. The summed E-state index contributed by atoms with van der Waals surface area (Å²) in [4.78, 5) is 20.8. The van der Waals surface area contributed by atoms with Gasteiger partial charge in [-0.1, -0.05) is 24.3 Å². The van der Waals surface area contributed by atoms with Crippen LogP contribution < -0.4 is 0 Å². The van der Waals surface area contributed by atoms with Crippen molar-refractivity contribution < 1.29 is 13.9 Å². The van der Waals surface area contributed by atoms with E-state index in [0.717, 1.165) is 28.3 Å². The second kappa shape index (κ2) is 6.15. The number of benzene rings is 1. The molecule has 0 bridgehead atoms. The first-order chi connectivity index (χ1) is 12.6. The summed E-state index contributed by atoms with van der Waals surface area (Å²) in [5.74, 6) is 0.987. The van der Waals surface area contributed by atoms with Gasteiger partial charge in [0, 0.05) is 30.4 Å². The maximum absolute atomic E-state index is 11.7. The Labute approximate surface area is 150 Å². The Balaban J connectivity index is 1.86. The fourth-order valence-corrected chi connectivity index (χ4v) is 3.04. The lowest BCUT2D eigenvalue weighted by atomic mass is 10.0. The van der Waals surface area contributed by atoms with Gasteiger partial charge in [0.1, 0.15) is 5.65 Å². The third kappa shape index (κ3) is 2.65. The third-order valence-corrected chi connectivity index (χ3v) is 4.23. The van der Waals surface area contributed by atoms with Gasteiger partial charge in [-0.2, -0.15) is 0 Å². The highest BCUT2D eigenvalue weighted by molar-refractivity contribution is 5.90. The number of nitrogens with zero attached hydrogens (tertiary/aromatic N) is 3. The van der Waals surface area contributed by atoms with Crippen LogP contribution in [0.15, 0.2) is 53.2 Å². The van der Waals surface area contributed by atoms with Crippen molar-refractivity contribution in [3.05, 3.63) is 65.9 Å². The first-order valence-corrected chi connectivity index (χ1v) is 8.17. The number of carbonyl (C=O) groups excluding carboxylic acids is 1. The molecular weight excluding hydrogens is 330 g/mol. The van der Waals surface area contributed by atoms with Crippen LogP contribution in [0.3, 0.4) is 0 Å². The largest absolute Gasteiger partial charge is 0.465 e. The number of carbonyl (C=O) groups is 1. The lowest BCUT2D eigenvalue weighted by Gasteiger charge is -2.04. The number of aryl methyl sites for hydroxylation is 2. The molecule has 0 amide bonds. The number of esters is 1. The molecule has 0 N–H and O–H groups in total. The summed E-state index contributed by atoms with van der Waals surface area (Å²) in [7, 11) is 1.36. The lowest BCUT2D eigenvalue weighted by molar-refractivity contribution is 0.0600. The molecule has 0 aliphatic heterocycles. The molecule has 4 rings (SSSR count). The quantitative estimate of drug-likeness (QED) is 0.523. The van der Waals surface area contributed by atoms with Crippen LogP contribution >= 0.6 is 0 Å². The molecule has 0 radical (unpaired) electrons. The molecular formula is C20H17N3O3. The van der Waals surface area contributed by atoms with Gasteiger partial charge >= 0.3 is 5.97 Å². The van der Waals surface area contributed by atoms with Crippen LogP contribution in [-0.4, -0.2) is 27.4 Å². The van der Waals surface area contributed by atoms with Crippen LogP contribution in [0, 0.1) is 13.8 Å². The average molecular weight is 347 g/mol. The Morgan fingerprint density at radius 1 is 1.12 bits per heavy atom. The Morgan fingerprint density at radius 2 is 1.88 bits per heavy atom. The van der Waals surface area contributed by atoms with E-state index in [1.54, 1.807) is 18.3 Å². The number of pyridine rings is 1. The van der Waals surface area contributed by atoms with Crippen LogP contribution in [0.2, 0.25) is 0 Å². The Bertz CT molecular complexity index is 1120. The molecule has 6 heteroatoms. The van der Waals surface area contributed by atoms with E-state index in [-0.39, 0.29) is 5.97 Å². The van der Waals surface area contributed by atoms with Crippen molar-refractivity contribution in [3.63, 3.8) is 0 Å². The predicted octanol–water partition coefficient (Wildman–Crippen LogP) is 4.06. The molecule has 0 atom stereocenters. The van der Waals surface area contributed by atoms with Crippen LogP contribution in [0.1, 0.15) is 21.9 Å². The van der Waals surface area contributed by atoms with Gasteiger partial charge in [0.2, 0.25) is 0 Å². The Kier molecular flexibility index (Phi) is 3.80. The van der Waals surface area contributed by atoms with Gasteiger partial charge in [-0.05, 0) is 19.1 Å². The minimum absolute atomic E-state index is 0.384. The van der Waals surface area contributed by atoms with Crippen molar-refractivity contribution >= 4 is 11.6 Å². The number of imidazole rings is 1. The van der Waals surface area contributed by atoms with Crippen LogP contribution in [0.25, 0.3) is 28.2 Å². The molecule has 130 valence electrons. The van der Waals surface area contributed by atoms with Gasteiger partial charge in [0.05, 0.1) is 24.1 Å². The standard InChI is InChI=1S/C20H17N3O3/c1-12-19(26-13(2)21-12)16-7-5-4-6-15(16)17-11-23-9-8-14(20(24)25-3)10-18(23)22-17/h4-11H,1-3H3. The highest BCUT2D eigenvalue weighted by atomic mass is 16.5. The highest BCUT2D eigenvalue weighted by Gasteiger charge is 2.17. The third-order valence-electron chi connectivity index (χ3n) is 4.23. The number of methoxy groups -OCH3 is 1. The summed E-state index contributed by atoms with van der Waals surface area (Å²) in [5, 5.41) is 0. The van der Waals surface area contributed by atoms with Gasteiger partial charge in [-0.15, -0.1) is 0 Å². The van der Waals surface area contributed by atoms with Gasteiger partial charge in [-0.25, -0.2) is 14.8 Å². The van der Waals surface area contributed by atoms with E-state index in [1.807, 2.05) is 48.7 Å². The molecule has 0 spiro atoms. The van der Waals surface area contributed by atoms with Crippen LogP contribution in [-0.2, 0) is 4.74 Å². The number of oxazole rings is 1. The van der Waals surface area contributed by atoms with E-state index in [4.69, 9.17) is 9.15 Å². The molecule has 0 unspecified atom stereocenters. The molecule has 0 saturated heterocycles. The Hall–Kier alpha value is -3.41. The minimum atomic E-state index is -0.384. The maximum Gasteiger partial charge on any atom is 0.338 e. The van der Waals surface area contributed by atoms with Crippen LogP contribution in [0.5, 0.6) is 0 Å². The summed E-state index contributed by atoms with van der Waals surface area (Å²) in [5.41, 5.74) is 4.63. The summed E-state index contributed by atoms with van der Waals surface area (Å²) < 4.78 is 12.4. The first kappa shape index (κ1) is 16.1. The topological polar surface area (TPSA) is 69.6 Å². The minimum Gasteiger partial charge on any atom is -0.465 e. The molecule has 6 nitrogen and oxygen atoms in total. The fourth-order valence-electron chi connectivity index (χ4n) is 3.04. The molecule has 1 aromatic carbocycles. The Morgan fingerprint density at radius 3 is 2.58 bits per heavy atom.